The predicted octanol–water partition coefficient (Wildman–Crippen LogP) is 2.60. The lowest BCUT2D eigenvalue weighted by molar-refractivity contribution is 0.209. The second-order valence-corrected chi connectivity index (χ2v) is 8.28. The molecule has 1 fully saturated rings. The summed E-state index contributed by atoms with van der Waals surface area (Å²) in [6, 6.07) is 4.74. The van der Waals surface area contributed by atoms with Crippen LogP contribution in [0.15, 0.2) is 27.5 Å². The van der Waals surface area contributed by atoms with Gasteiger partial charge in [0.05, 0.1) is 10.4 Å². The minimum atomic E-state index is -3.25. The van der Waals surface area contributed by atoms with Crippen molar-refractivity contribution in [2.75, 3.05) is 6.26 Å². The van der Waals surface area contributed by atoms with E-state index in [0.29, 0.717) is 22.9 Å². The van der Waals surface area contributed by atoms with Gasteiger partial charge in [0.15, 0.2) is 15.4 Å². The molecule has 1 aromatic carbocycles. The third-order valence-electron chi connectivity index (χ3n) is 4.38. The molecule has 0 unspecified atom stereocenters. The molecular weight excluding hydrogens is 288 g/mol. The Morgan fingerprint density at radius 2 is 2.00 bits per heavy atom. The van der Waals surface area contributed by atoms with Crippen molar-refractivity contribution >= 4 is 20.9 Å². The lowest BCUT2D eigenvalue weighted by Crippen LogP contribution is -2.40. The normalized spacial score (nSPS) is 27.1. The second-order valence-electron chi connectivity index (χ2n) is 6.26. The monoisotopic (exact) mass is 308 g/mol. The lowest BCUT2D eigenvalue weighted by atomic mass is 9.78. The van der Waals surface area contributed by atoms with Crippen LogP contribution in [0, 0.1) is 5.92 Å². The minimum absolute atomic E-state index is 0.248. The van der Waals surface area contributed by atoms with Crippen molar-refractivity contribution in [3.63, 3.8) is 0 Å². The summed E-state index contributed by atoms with van der Waals surface area (Å²) in [5.74, 6) is 1.21. The van der Waals surface area contributed by atoms with Crippen molar-refractivity contribution in [1.29, 1.82) is 0 Å². The lowest BCUT2D eigenvalue weighted by Gasteiger charge is -2.33. The van der Waals surface area contributed by atoms with Gasteiger partial charge in [0.2, 0.25) is 5.89 Å². The van der Waals surface area contributed by atoms with Crippen molar-refractivity contribution in [1.82, 2.24) is 4.98 Å². The first kappa shape index (κ1) is 14.5. The maximum Gasteiger partial charge on any atom is 0.215 e. The molecule has 114 valence electrons. The fourth-order valence-corrected chi connectivity index (χ4v) is 3.48. The maximum absolute atomic E-state index is 11.6. The third kappa shape index (κ3) is 2.70. The molecule has 21 heavy (non-hydrogen) atoms. The van der Waals surface area contributed by atoms with Gasteiger partial charge in [-0.1, -0.05) is 6.92 Å². The molecule has 0 aliphatic heterocycles. The molecule has 1 aliphatic carbocycles. The highest BCUT2D eigenvalue weighted by Crippen LogP contribution is 2.38. The van der Waals surface area contributed by atoms with Gasteiger partial charge in [0, 0.05) is 6.26 Å². The van der Waals surface area contributed by atoms with Crippen LogP contribution in [0.2, 0.25) is 0 Å². The molecule has 6 heteroatoms. The zero-order valence-electron chi connectivity index (χ0n) is 12.3. The van der Waals surface area contributed by atoms with Crippen molar-refractivity contribution in [2.24, 2.45) is 11.7 Å². The van der Waals surface area contributed by atoms with Crippen molar-refractivity contribution in [3.05, 3.63) is 24.1 Å². The highest BCUT2D eigenvalue weighted by atomic mass is 32.2. The fourth-order valence-electron chi connectivity index (χ4n) is 2.84. The smallest absolute Gasteiger partial charge is 0.215 e. The summed E-state index contributed by atoms with van der Waals surface area (Å²) in [6.45, 7) is 2.23. The molecule has 1 heterocycles. The van der Waals surface area contributed by atoms with Gasteiger partial charge >= 0.3 is 0 Å². The van der Waals surface area contributed by atoms with Gasteiger partial charge in [-0.25, -0.2) is 13.4 Å². The van der Waals surface area contributed by atoms with Crippen molar-refractivity contribution in [3.8, 4) is 0 Å². The molecule has 0 bridgehead atoms. The van der Waals surface area contributed by atoms with E-state index in [0.717, 1.165) is 25.7 Å². The van der Waals surface area contributed by atoms with E-state index in [1.807, 2.05) is 0 Å². The standard InChI is InChI=1S/C15H20N2O3S/c1-10-5-7-15(16,8-6-10)14-17-12-9-11(21(2,18)19)3-4-13(12)20-14/h3-4,9-10H,5-8,16H2,1-2H3. The average Bonchev–Trinajstić information content (AvgIpc) is 2.85. The van der Waals surface area contributed by atoms with Crippen LogP contribution in [0.5, 0.6) is 0 Å². The SMILES string of the molecule is CC1CCC(N)(c2nc3cc(S(C)(=O)=O)ccc3o2)CC1. The molecule has 0 saturated heterocycles. The van der Waals surface area contributed by atoms with Crippen LogP contribution in [-0.2, 0) is 15.4 Å². The highest BCUT2D eigenvalue weighted by molar-refractivity contribution is 7.90. The van der Waals surface area contributed by atoms with E-state index in [2.05, 4.69) is 11.9 Å². The van der Waals surface area contributed by atoms with Crippen LogP contribution in [0.1, 0.15) is 38.5 Å². The van der Waals surface area contributed by atoms with Crippen LogP contribution >= 0.6 is 0 Å². The van der Waals surface area contributed by atoms with Crippen LogP contribution in [0.3, 0.4) is 0 Å². The summed E-state index contributed by atoms with van der Waals surface area (Å²) >= 11 is 0. The Labute approximate surface area is 124 Å². The number of nitrogens with two attached hydrogens (primary N) is 1. The van der Waals surface area contributed by atoms with E-state index in [-0.39, 0.29) is 4.90 Å². The van der Waals surface area contributed by atoms with E-state index in [1.165, 1.54) is 6.26 Å². The molecule has 2 aromatic rings. The number of benzene rings is 1. The molecule has 2 N–H and O–H groups in total. The Hall–Kier alpha value is -1.40. The number of nitrogens with zero attached hydrogens (tertiary/aromatic N) is 1. The number of aromatic nitrogens is 1. The average molecular weight is 308 g/mol. The summed E-state index contributed by atoms with van der Waals surface area (Å²) in [4.78, 5) is 4.70. The molecule has 0 atom stereocenters. The molecule has 3 rings (SSSR count). The first-order valence-electron chi connectivity index (χ1n) is 7.18. The van der Waals surface area contributed by atoms with Gasteiger partial charge < -0.3 is 10.2 Å². The first-order chi connectivity index (χ1) is 9.78. The van der Waals surface area contributed by atoms with E-state index in [1.54, 1.807) is 18.2 Å². The predicted molar refractivity (Wildman–Crippen MR) is 80.6 cm³/mol. The minimum Gasteiger partial charge on any atom is -0.439 e. The largest absolute Gasteiger partial charge is 0.439 e. The van der Waals surface area contributed by atoms with Crippen LogP contribution in [0.25, 0.3) is 11.1 Å². The number of fused-ring (bicyclic) bond motifs is 1. The number of oxazole rings is 1. The zero-order chi connectivity index (χ0) is 15.3. The zero-order valence-corrected chi connectivity index (χ0v) is 13.1. The van der Waals surface area contributed by atoms with E-state index in [4.69, 9.17) is 10.2 Å². The quantitative estimate of drug-likeness (QED) is 0.921. The topological polar surface area (TPSA) is 86.2 Å². The van der Waals surface area contributed by atoms with E-state index >= 15 is 0 Å². The number of rotatable bonds is 2. The van der Waals surface area contributed by atoms with Gasteiger partial charge in [-0.3, -0.25) is 0 Å². The Morgan fingerprint density at radius 3 is 2.62 bits per heavy atom. The van der Waals surface area contributed by atoms with Gasteiger partial charge in [0.1, 0.15) is 5.52 Å². The van der Waals surface area contributed by atoms with Crippen molar-refractivity contribution < 1.29 is 12.8 Å². The Kier molecular flexibility index (Phi) is 3.33. The van der Waals surface area contributed by atoms with E-state index < -0.39 is 15.4 Å². The number of hydrogen-bond acceptors (Lipinski definition) is 5. The summed E-state index contributed by atoms with van der Waals surface area (Å²) in [5, 5.41) is 0. The van der Waals surface area contributed by atoms with Crippen LogP contribution in [0.4, 0.5) is 0 Å². The van der Waals surface area contributed by atoms with Gasteiger partial charge in [-0.15, -0.1) is 0 Å². The molecule has 0 amide bonds. The summed E-state index contributed by atoms with van der Waals surface area (Å²) in [6.07, 6.45) is 5.00. The molecule has 0 radical (unpaired) electrons. The summed E-state index contributed by atoms with van der Waals surface area (Å²) in [5.41, 5.74) is 7.06. The van der Waals surface area contributed by atoms with Crippen molar-refractivity contribution in [2.45, 2.75) is 43.0 Å². The molecular formula is C15H20N2O3S. The molecule has 5 nitrogen and oxygen atoms in total. The van der Waals surface area contributed by atoms with E-state index in [9.17, 15) is 8.42 Å². The summed E-state index contributed by atoms with van der Waals surface area (Å²) < 4.78 is 29.0. The van der Waals surface area contributed by atoms with Gasteiger partial charge in [-0.2, -0.15) is 0 Å². The fraction of sp³-hybridized carbons (Fsp3) is 0.533. The number of hydrogen-bond donors (Lipinski definition) is 1. The summed E-state index contributed by atoms with van der Waals surface area (Å²) in [7, 11) is -3.25. The Morgan fingerprint density at radius 1 is 1.33 bits per heavy atom. The molecule has 1 aliphatic rings. The van der Waals surface area contributed by atoms with Gasteiger partial charge in [-0.05, 0) is 49.8 Å². The molecule has 1 saturated carbocycles. The molecule has 1 aromatic heterocycles. The second kappa shape index (κ2) is 4.81. The molecule has 0 spiro atoms. The first-order valence-corrected chi connectivity index (χ1v) is 9.07. The van der Waals surface area contributed by atoms with Crippen LogP contribution in [-0.4, -0.2) is 19.7 Å². The van der Waals surface area contributed by atoms with Gasteiger partial charge in [0.25, 0.3) is 0 Å². The Bertz CT molecular complexity index is 771. The number of sulfone groups is 1. The van der Waals surface area contributed by atoms with Crippen LogP contribution < -0.4 is 5.73 Å². The maximum atomic E-state index is 11.6. The third-order valence-corrected chi connectivity index (χ3v) is 5.49. The Balaban J connectivity index is 2.01. The highest BCUT2D eigenvalue weighted by Gasteiger charge is 2.36.